The number of amides is 1. The Balaban J connectivity index is 1.84. The van der Waals surface area contributed by atoms with Crippen LogP contribution in [0.15, 0.2) is 23.0 Å². The van der Waals surface area contributed by atoms with Gasteiger partial charge in [0.1, 0.15) is 22.8 Å². The van der Waals surface area contributed by atoms with Crippen LogP contribution in [-0.4, -0.2) is 95.2 Å². The first-order valence-electron chi connectivity index (χ1n) is 14.2. The van der Waals surface area contributed by atoms with E-state index in [2.05, 4.69) is 0 Å². The summed E-state index contributed by atoms with van der Waals surface area (Å²) in [6.45, 7) is 6.03. The molecule has 12 heteroatoms. The van der Waals surface area contributed by atoms with E-state index in [-0.39, 0.29) is 54.6 Å². The summed E-state index contributed by atoms with van der Waals surface area (Å²) in [6, 6.07) is 0.574. The van der Waals surface area contributed by atoms with Gasteiger partial charge >= 0.3 is 5.97 Å². The number of benzene rings is 1. The van der Waals surface area contributed by atoms with Crippen LogP contribution in [0.25, 0.3) is 5.76 Å². The third-order valence-corrected chi connectivity index (χ3v) is 8.52. The predicted octanol–water partition coefficient (Wildman–Crippen LogP) is 1.55. The van der Waals surface area contributed by atoms with E-state index in [1.165, 1.54) is 4.90 Å². The maximum Gasteiger partial charge on any atom is 0.306 e. The van der Waals surface area contributed by atoms with Gasteiger partial charge in [-0.25, -0.2) is 0 Å². The highest BCUT2D eigenvalue weighted by molar-refractivity contribution is 6.24. The Hall–Kier alpha value is -3.90. The number of anilines is 1. The van der Waals surface area contributed by atoms with Gasteiger partial charge in [0.2, 0.25) is 5.78 Å². The minimum Gasteiger partial charge on any atom is -0.508 e. The summed E-state index contributed by atoms with van der Waals surface area (Å²) in [5.41, 5.74) is 2.89. The van der Waals surface area contributed by atoms with Crippen molar-refractivity contribution in [3.05, 3.63) is 39.7 Å². The number of hydrogen-bond acceptors (Lipinski definition) is 11. The smallest absolute Gasteiger partial charge is 0.306 e. The van der Waals surface area contributed by atoms with Gasteiger partial charge in [-0.05, 0) is 61.9 Å². The summed E-state index contributed by atoms with van der Waals surface area (Å²) in [5, 5.41) is 45.8. The SMILES string of the molecule is CN(C)c1cc(CCC(=O)OCC(C)(C)C)c(O)c2c1C[C@@H]1C[C@@H]3C(N(C)C)C(=O)C(C(N)=O)=C(O)[C@]3(O)C(=O)C1=C2O. The Bertz CT molecular complexity index is 1470. The number of ether oxygens (including phenoxy) is 1. The molecule has 1 unspecified atom stereocenters. The molecule has 3 aliphatic carbocycles. The second-order valence-electron chi connectivity index (χ2n) is 13.3. The molecule has 0 radical (unpaired) electrons. The van der Waals surface area contributed by atoms with Crippen LogP contribution in [0.5, 0.6) is 5.75 Å². The van der Waals surface area contributed by atoms with E-state index in [9.17, 15) is 39.6 Å². The van der Waals surface area contributed by atoms with Gasteiger partial charge in [-0.2, -0.15) is 0 Å². The van der Waals surface area contributed by atoms with E-state index in [0.29, 0.717) is 16.8 Å². The predicted molar refractivity (Wildman–Crippen MR) is 157 cm³/mol. The molecule has 6 N–H and O–H groups in total. The lowest BCUT2D eigenvalue weighted by atomic mass is 9.57. The Morgan fingerprint density at radius 3 is 2.28 bits per heavy atom. The highest BCUT2D eigenvalue weighted by Crippen LogP contribution is 2.54. The molecule has 1 aromatic carbocycles. The zero-order valence-electron chi connectivity index (χ0n) is 25.6. The first-order chi connectivity index (χ1) is 19.8. The highest BCUT2D eigenvalue weighted by atomic mass is 16.5. The third kappa shape index (κ3) is 5.27. The van der Waals surface area contributed by atoms with Crippen molar-refractivity contribution in [2.24, 2.45) is 23.0 Å². The number of phenols is 1. The average Bonchev–Trinajstić information content (AvgIpc) is 2.88. The molecule has 0 aliphatic heterocycles. The van der Waals surface area contributed by atoms with Crippen molar-refractivity contribution in [2.75, 3.05) is 39.7 Å². The molecule has 4 rings (SSSR count). The number of nitrogens with zero attached hydrogens (tertiary/aromatic N) is 2. The topological polar surface area (TPSA) is 191 Å². The molecule has 0 saturated heterocycles. The van der Waals surface area contributed by atoms with Crippen LogP contribution < -0.4 is 10.6 Å². The lowest BCUT2D eigenvalue weighted by Crippen LogP contribution is -2.65. The molecule has 0 aromatic heterocycles. The lowest BCUT2D eigenvalue weighted by Gasteiger charge is -2.50. The summed E-state index contributed by atoms with van der Waals surface area (Å²) in [6.07, 6.45) is 0.224. The van der Waals surface area contributed by atoms with E-state index >= 15 is 0 Å². The largest absolute Gasteiger partial charge is 0.508 e. The molecule has 1 aromatic rings. The lowest BCUT2D eigenvalue weighted by molar-refractivity contribution is -0.153. The minimum absolute atomic E-state index is 0.000755. The molecule has 1 fully saturated rings. The highest BCUT2D eigenvalue weighted by Gasteiger charge is 2.64. The van der Waals surface area contributed by atoms with Gasteiger partial charge in [-0.3, -0.25) is 24.1 Å². The van der Waals surface area contributed by atoms with Crippen molar-refractivity contribution < 1.29 is 44.3 Å². The molecular formula is C31H41N3O9. The quantitative estimate of drug-likeness (QED) is 0.226. The molecule has 0 heterocycles. The van der Waals surface area contributed by atoms with Crippen LogP contribution in [0.4, 0.5) is 5.69 Å². The van der Waals surface area contributed by atoms with Crippen LogP contribution in [0.1, 0.15) is 50.3 Å². The Kier molecular flexibility index (Phi) is 8.18. The monoisotopic (exact) mass is 599 g/mol. The van der Waals surface area contributed by atoms with Gasteiger partial charge in [-0.15, -0.1) is 0 Å². The molecule has 4 atom stereocenters. The number of likely N-dealkylation sites (N-methyl/N-ethyl adjacent to an activating group) is 1. The number of ketones is 2. The van der Waals surface area contributed by atoms with E-state index in [4.69, 9.17) is 10.5 Å². The zero-order chi connectivity index (χ0) is 32.3. The molecule has 0 bridgehead atoms. The van der Waals surface area contributed by atoms with Crippen molar-refractivity contribution in [3.63, 3.8) is 0 Å². The summed E-state index contributed by atoms with van der Waals surface area (Å²) in [5.74, 6) is -7.48. The normalized spacial score (nSPS) is 25.4. The first-order valence-corrected chi connectivity index (χ1v) is 14.2. The number of nitrogens with two attached hydrogens (primary N) is 1. The van der Waals surface area contributed by atoms with Crippen LogP contribution in [0.2, 0.25) is 0 Å². The summed E-state index contributed by atoms with van der Waals surface area (Å²) in [7, 11) is 6.67. The number of phenolic OH excluding ortho intramolecular Hbond substituents is 1. The Labute approximate surface area is 250 Å². The Morgan fingerprint density at radius 1 is 1.12 bits per heavy atom. The van der Waals surface area contributed by atoms with Crippen molar-refractivity contribution >= 4 is 34.9 Å². The number of carbonyl (C=O) groups excluding carboxylic acids is 4. The standard InChI is InChI=1S/C31H41N3O9/c1-30(2,3)13-43-19(35)9-8-14-12-18(33(4)5)16-10-15-11-17-23(34(6)7)26(38)22(29(32)41)28(40)31(17,42)27(39)20(15)25(37)21(16)24(14)36/h12,15,17,23,36-37,40,42H,8-11,13H2,1-7H3,(H2,32,41)/t15-,17-,23?,31-/m1/s1. The van der Waals surface area contributed by atoms with Crippen molar-refractivity contribution in [2.45, 2.75) is 58.1 Å². The van der Waals surface area contributed by atoms with E-state index in [1.54, 1.807) is 39.2 Å². The first kappa shape index (κ1) is 32.0. The number of primary amides is 1. The van der Waals surface area contributed by atoms with Gasteiger partial charge in [-0.1, -0.05) is 20.8 Å². The average molecular weight is 600 g/mol. The van der Waals surface area contributed by atoms with E-state index < -0.39 is 64.0 Å². The van der Waals surface area contributed by atoms with Gasteiger partial charge in [0.25, 0.3) is 5.91 Å². The maximum absolute atomic E-state index is 14.1. The number of Topliss-reactive ketones (excluding diaryl/α,β-unsaturated/α-hetero) is 2. The summed E-state index contributed by atoms with van der Waals surface area (Å²) in [4.78, 5) is 55.2. The molecule has 1 saturated carbocycles. The van der Waals surface area contributed by atoms with E-state index in [0.717, 1.165) is 0 Å². The number of fused-ring (bicyclic) bond motifs is 3. The maximum atomic E-state index is 14.1. The van der Waals surface area contributed by atoms with Crippen LogP contribution >= 0.6 is 0 Å². The Morgan fingerprint density at radius 2 is 1.74 bits per heavy atom. The van der Waals surface area contributed by atoms with Gasteiger partial charge < -0.3 is 35.8 Å². The number of aliphatic hydroxyl groups is 3. The second kappa shape index (κ2) is 11.0. The van der Waals surface area contributed by atoms with E-state index in [1.807, 2.05) is 20.8 Å². The van der Waals surface area contributed by atoms with Crippen molar-refractivity contribution in [1.82, 2.24) is 4.90 Å². The van der Waals surface area contributed by atoms with Crippen molar-refractivity contribution in [1.29, 1.82) is 0 Å². The van der Waals surface area contributed by atoms with Crippen molar-refractivity contribution in [3.8, 4) is 5.75 Å². The molecule has 12 nitrogen and oxygen atoms in total. The van der Waals surface area contributed by atoms with Gasteiger partial charge in [0.05, 0.1) is 18.2 Å². The number of hydrogen-bond donors (Lipinski definition) is 5. The molecule has 43 heavy (non-hydrogen) atoms. The number of carbonyl (C=O) groups is 4. The fourth-order valence-corrected chi connectivity index (χ4v) is 6.54. The minimum atomic E-state index is -2.71. The zero-order valence-corrected chi connectivity index (χ0v) is 25.6. The molecule has 3 aliphatic rings. The number of aromatic hydroxyl groups is 1. The van der Waals surface area contributed by atoms with Crippen LogP contribution in [0.3, 0.4) is 0 Å². The number of rotatable bonds is 7. The summed E-state index contributed by atoms with van der Waals surface area (Å²) < 4.78 is 5.34. The number of aliphatic hydroxyl groups excluding tert-OH is 2. The molecule has 234 valence electrons. The van der Waals surface area contributed by atoms with Crippen LogP contribution in [0, 0.1) is 17.3 Å². The number of esters is 1. The van der Waals surface area contributed by atoms with Gasteiger partial charge in [0, 0.05) is 37.7 Å². The molecule has 1 amide bonds. The second-order valence-corrected chi connectivity index (χ2v) is 13.3. The summed E-state index contributed by atoms with van der Waals surface area (Å²) >= 11 is 0. The van der Waals surface area contributed by atoms with Crippen LogP contribution in [-0.2, 0) is 36.8 Å². The van der Waals surface area contributed by atoms with Gasteiger partial charge in [0.15, 0.2) is 11.4 Å². The molecular weight excluding hydrogens is 558 g/mol. The number of aryl methyl sites for hydroxylation is 1. The fourth-order valence-electron chi connectivity index (χ4n) is 6.54. The fraction of sp³-hybridized carbons (Fsp3) is 0.548. The third-order valence-electron chi connectivity index (χ3n) is 8.52. The molecule has 0 spiro atoms.